The molecule has 2 N–H and O–H groups in total. The van der Waals surface area contributed by atoms with Crippen molar-refractivity contribution in [2.75, 3.05) is 19.7 Å². The van der Waals surface area contributed by atoms with Gasteiger partial charge in [0.15, 0.2) is 0 Å². The fourth-order valence-electron chi connectivity index (χ4n) is 1.77. The summed E-state index contributed by atoms with van der Waals surface area (Å²) >= 11 is 0. The molecule has 14 heavy (non-hydrogen) atoms. The van der Waals surface area contributed by atoms with Crippen LogP contribution in [0.25, 0.3) is 0 Å². The van der Waals surface area contributed by atoms with E-state index in [2.05, 4.69) is 12.2 Å². The van der Waals surface area contributed by atoms with Gasteiger partial charge >= 0.3 is 6.03 Å². The number of carbonyl (C=O) groups excluding carboxylic acids is 1. The molecule has 0 saturated carbocycles. The van der Waals surface area contributed by atoms with Gasteiger partial charge in [-0.3, -0.25) is 0 Å². The maximum Gasteiger partial charge on any atom is 0.317 e. The Bertz CT molecular complexity index is 185. The van der Waals surface area contributed by atoms with E-state index >= 15 is 0 Å². The van der Waals surface area contributed by atoms with E-state index in [1.54, 1.807) is 4.90 Å². The van der Waals surface area contributed by atoms with E-state index in [-0.39, 0.29) is 18.7 Å². The number of urea groups is 1. The lowest BCUT2D eigenvalue weighted by Gasteiger charge is -2.23. The second-order valence-corrected chi connectivity index (χ2v) is 3.76. The van der Waals surface area contributed by atoms with Crippen molar-refractivity contribution in [1.82, 2.24) is 10.2 Å². The van der Waals surface area contributed by atoms with Gasteiger partial charge in [0.2, 0.25) is 0 Å². The molecule has 1 aliphatic heterocycles. The predicted octanol–water partition coefficient (Wildman–Crippen LogP) is 0.953. The minimum absolute atomic E-state index is 0.0185. The number of rotatable bonds is 4. The minimum Gasteiger partial charge on any atom is -0.394 e. The molecule has 0 unspecified atom stereocenters. The second kappa shape index (κ2) is 5.86. The van der Waals surface area contributed by atoms with Gasteiger partial charge in [-0.05, 0) is 19.3 Å². The number of amides is 2. The third-order valence-corrected chi connectivity index (χ3v) is 2.66. The average molecular weight is 200 g/mol. The maximum absolute atomic E-state index is 11.6. The zero-order valence-electron chi connectivity index (χ0n) is 8.83. The van der Waals surface area contributed by atoms with Crippen LogP contribution in [0.2, 0.25) is 0 Å². The molecule has 0 aromatic rings. The molecule has 4 heteroatoms. The normalized spacial score (nSPS) is 21.3. The van der Waals surface area contributed by atoms with Crippen molar-refractivity contribution in [3.8, 4) is 0 Å². The van der Waals surface area contributed by atoms with Gasteiger partial charge in [0.25, 0.3) is 0 Å². The van der Waals surface area contributed by atoms with Gasteiger partial charge in [0.05, 0.1) is 12.6 Å². The molecule has 82 valence electrons. The van der Waals surface area contributed by atoms with Crippen molar-refractivity contribution < 1.29 is 9.90 Å². The smallest absolute Gasteiger partial charge is 0.317 e. The molecule has 0 bridgehead atoms. The summed E-state index contributed by atoms with van der Waals surface area (Å²) in [6.45, 7) is 3.70. The van der Waals surface area contributed by atoms with E-state index in [0.717, 1.165) is 38.8 Å². The molecule has 1 atom stereocenters. The van der Waals surface area contributed by atoms with Crippen LogP contribution in [0, 0.1) is 0 Å². The first-order chi connectivity index (χ1) is 6.79. The quantitative estimate of drug-likeness (QED) is 0.664. The van der Waals surface area contributed by atoms with Crippen molar-refractivity contribution in [1.29, 1.82) is 0 Å². The summed E-state index contributed by atoms with van der Waals surface area (Å²) in [6, 6.07) is 0.0200. The number of aliphatic hydroxyl groups is 1. The van der Waals surface area contributed by atoms with Gasteiger partial charge in [0, 0.05) is 13.1 Å². The summed E-state index contributed by atoms with van der Waals surface area (Å²) in [6.07, 6.45) is 4.04. The van der Waals surface area contributed by atoms with Gasteiger partial charge in [-0.25, -0.2) is 4.79 Å². The van der Waals surface area contributed by atoms with E-state index in [4.69, 9.17) is 5.11 Å². The SMILES string of the molecule is CCCCNC(=O)N1CCC[C@@H]1CO. The Morgan fingerprint density at radius 2 is 2.43 bits per heavy atom. The fraction of sp³-hybridized carbons (Fsp3) is 0.900. The number of aliphatic hydroxyl groups excluding tert-OH is 1. The zero-order valence-corrected chi connectivity index (χ0v) is 8.83. The summed E-state index contributed by atoms with van der Waals surface area (Å²) in [4.78, 5) is 13.3. The number of nitrogens with zero attached hydrogens (tertiary/aromatic N) is 1. The Hall–Kier alpha value is -0.770. The summed E-state index contributed by atoms with van der Waals surface area (Å²) in [7, 11) is 0. The number of hydrogen-bond acceptors (Lipinski definition) is 2. The Morgan fingerprint density at radius 3 is 3.07 bits per heavy atom. The first kappa shape index (κ1) is 11.3. The van der Waals surface area contributed by atoms with Crippen LogP contribution in [0.15, 0.2) is 0 Å². The second-order valence-electron chi connectivity index (χ2n) is 3.76. The summed E-state index contributed by atoms with van der Waals surface area (Å²) in [5.74, 6) is 0. The molecular weight excluding hydrogens is 180 g/mol. The monoisotopic (exact) mass is 200 g/mol. The standard InChI is InChI=1S/C10H20N2O2/c1-2-3-6-11-10(14)12-7-4-5-9(12)8-13/h9,13H,2-8H2,1H3,(H,11,14)/t9-/m1/s1. The van der Waals surface area contributed by atoms with Crippen molar-refractivity contribution in [2.45, 2.75) is 38.6 Å². The molecule has 0 spiro atoms. The lowest BCUT2D eigenvalue weighted by atomic mass is 10.2. The number of nitrogens with one attached hydrogen (secondary N) is 1. The molecule has 0 aliphatic carbocycles. The van der Waals surface area contributed by atoms with E-state index in [1.165, 1.54) is 0 Å². The van der Waals surface area contributed by atoms with Crippen LogP contribution in [0.5, 0.6) is 0 Å². The molecule has 1 rings (SSSR count). The van der Waals surface area contributed by atoms with Crippen molar-refractivity contribution in [2.24, 2.45) is 0 Å². The zero-order chi connectivity index (χ0) is 10.4. The first-order valence-electron chi connectivity index (χ1n) is 5.45. The summed E-state index contributed by atoms with van der Waals surface area (Å²) < 4.78 is 0. The third-order valence-electron chi connectivity index (χ3n) is 2.66. The molecule has 0 radical (unpaired) electrons. The molecule has 1 saturated heterocycles. The largest absolute Gasteiger partial charge is 0.394 e. The van der Waals surface area contributed by atoms with Crippen LogP contribution in [-0.4, -0.2) is 41.8 Å². The fourth-order valence-corrected chi connectivity index (χ4v) is 1.77. The third kappa shape index (κ3) is 2.87. The van der Waals surface area contributed by atoms with Crippen molar-refractivity contribution in [3.63, 3.8) is 0 Å². The molecule has 1 aliphatic rings. The van der Waals surface area contributed by atoms with Crippen LogP contribution in [0.1, 0.15) is 32.6 Å². The Labute approximate surface area is 85.3 Å². The summed E-state index contributed by atoms with van der Waals surface area (Å²) in [5.41, 5.74) is 0. The van der Waals surface area contributed by atoms with Crippen molar-refractivity contribution in [3.05, 3.63) is 0 Å². The molecule has 1 fully saturated rings. The highest BCUT2D eigenvalue weighted by molar-refractivity contribution is 5.74. The van der Waals surface area contributed by atoms with Gasteiger partial charge < -0.3 is 15.3 Å². The van der Waals surface area contributed by atoms with Crippen LogP contribution in [0.3, 0.4) is 0 Å². The summed E-state index contributed by atoms with van der Waals surface area (Å²) in [5, 5.41) is 11.9. The van der Waals surface area contributed by atoms with Crippen LogP contribution < -0.4 is 5.32 Å². The average Bonchev–Trinajstić information content (AvgIpc) is 2.65. The molecule has 0 aromatic carbocycles. The Balaban J connectivity index is 2.28. The van der Waals surface area contributed by atoms with Gasteiger partial charge in [-0.2, -0.15) is 0 Å². The van der Waals surface area contributed by atoms with Gasteiger partial charge in [-0.15, -0.1) is 0 Å². The topological polar surface area (TPSA) is 52.6 Å². The molecule has 1 heterocycles. The lowest BCUT2D eigenvalue weighted by Crippen LogP contribution is -2.44. The first-order valence-corrected chi connectivity index (χ1v) is 5.45. The van der Waals surface area contributed by atoms with E-state index < -0.39 is 0 Å². The minimum atomic E-state index is -0.0185. The van der Waals surface area contributed by atoms with Crippen LogP contribution in [0.4, 0.5) is 4.79 Å². The molecule has 4 nitrogen and oxygen atoms in total. The van der Waals surface area contributed by atoms with Crippen molar-refractivity contribution >= 4 is 6.03 Å². The highest BCUT2D eigenvalue weighted by Gasteiger charge is 2.27. The number of carbonyl (C=O) groups is 1. The lowest BCUT2D eigenvalue weighted by molar-refractivity contribution is 0.157. The van der Waals surface area contributed by atoms with Crippen LogP contribution >= 0.6 is 0 Å². The van der Waals surface area contributed by atoms with E-state index in [1.807, 2.05) is 0 Å². The molecule has 2 amide bonds. The molecule has 0 aromatic heterocycles. The maximum atomic E-state index is 11.6. The Kier molecular flexibility index (Phi) is 4.73. The highest BCUT2D eigenvalue weighted by Crippen LogP contribution is 2.16. The predicted molar refractivity (Wildman–Crippen MR) is 55.1 cm³/mol. The van der Waals surface area contributed by atoms with E-state index in [9.17, 15) is 4.79 Å². The number of hydrogen-bond donors (Lipinski definition) is 2. The Morgan fingerprint density at radius 1 is 1.64 bits per heavy atom. The van der Waals surface area contributed by atoms with Gasteiger partial charge in [-0.1, -0.05) is 13.3 Å². The number of likely N-dealkylation sites (tertiary alicyclic amines) is 1. The van der Waals surface area contributed by atoms with Gasteiger partial charge in [0.1, 0.15) is 0 Å². The highest BCUT2D eigenvalue weighted by atomic mass is 16.3. The van der Waals surface area contributed by atoms with E-state index in [0.29, 0.717) is 0 Å². The van der Waals surface area contributed by atoms with Crippen LogP contribution in [-0.2, 0) is 0 Å². The number of unbranched alkanes of at least 4 members (excludes halogenated alkanes) is 1. The molecular formula is C10H20N2O2.